The highest BCUT2D eigenvalue weighted by Gasteiger charge is 2.28. The Hall–Kier alpha value is -0.610. The average Bonchev–Trinajstić information content (AvgIpc) is 2.14. The smallest absolute Gasteiger partial charge is 0.223 e. The van der Waals surface area contributed by atoms with Crippen molar-refractivity contribution in [2.75, 3.05) is 13.2 Å². The molecule has 3 atom stereocenters. The number of hydrogen-bond acceptors (Lipinski definition) is 3. The molecule has 3 unspecified atom stereocenters. The number of morpholine rings is 1. The predicted octanol–water partition coefficient (Wildman–Crippen LogP) is 0.750. The quantitative estimate of drug-likeness (QED) is 0.754. The van der Waals surface area contributed by atoms with Crippen LogP contribution in [-0.2, 0) is 9.53 Å². The molecule has 0 aromatic heterocycles. The van der Waals surface area contributed by atoms with E-state index in [9.17, 15) is 4.79 Å². The molecule has 88 valence electrons. The molecule has 0 bridgehead atoms. The molecular weight excluding hydrogens is 192 g/mol. The molecule has 0 aromatic rings. The van der Waals surface area contributed by atoms with Crippen molar-refractivity contribution in [3.8, 4) is 0 Å². The van der Waals surface area contributed by atoms with Gasteiger partial charge in [-0.25, -0.2) is 0 Å². The standard InChI is InChI=1S/C11H22N2O2/c1-8(12)4-5-11(14)13-9(2)6-15-7-10(13)3/h8-10H,4-7,12H2,1-3H3. The monoisotopic (exact) mass is 214 g/mol. The van der Waals surface area contributed by atoms with Gasteiger partial charge in [-0.1, -0.05) is 0 Å². The normalized spacial score (nSPS) is 28.9. The van der Waals surface area contributed by atoms with Gasteiger partial charge in [-0.2, -0.15) is 0 Å². The SMILES string of the molecule is CC(N)CCC(=O)N1C(C)COCC1C. The van der Waals surface area contributed by atoms with Crippen LogP contribution in [0.4, 0.5) is 0 Å². The minimum Gasteiger partial charge on any atom is -0.377 e. The fourth-order valence-electron chi connectivity index (χ4n) is 1.98. The van der Waals surface area contributed by atoms with Crippen molar-refractivity contribution in [3.05, 3.63) is 0 Å². The second kappa shape index (κ2) is 5.47. The summed E-state index contributed by atoms with van der Waals surface area (Å²) in [5.74, 6) is 0.204. The molecule has 0 aliphatic carbocycles. The van der Waals surface area contributed by atoms with Crippen molar-refractivity contribution < 1.29 is 9.53 Å². The zero-order chi connectivity index (χ0) is 11.4. The van der Waals surface area contributed by atoms with Crippen molar-refractivity contribution in [1.82, 2.24) is 4.90 Å². The van der Waals surface area contributed by atoms with Gasteiger partial charge in [0.25, 0.3) is 0 Å². The molecule has 1 amide bonds. The molecule has 1 fully saturated rings. The minimum absolute atomic E-state index is 0.0978. The van der Waals surface area contributed by atoms with Gasteiger partial charge in [0.2, 0.25) is 5.91 Å². The van der Waals surface area contributed by atoms with Crippen LogP contribution < -0.4 is 5.73 Å². The largest absolute Gasteiger partial charge is 0.377 e. The fraction of sp³-hybridized carbons (Fsp3) is 0.909. The molecule has 1 rings (SSSR count). The van der Waals surface area contributed by atoms with E-state index >= 15 is 0 Å². The van der Waals surface area contributed by atoms with Crippen molar-refractivity contribution in [2.24, 2.45) is 5.73 Å². The Balaban J connectivity index is 2.48. The summed E-state index contributed by atoms with van der Waals surface area (Å²) in [7, 11) is 0. The lowest BCUT2D eigenvalue weighted by atomic mass is 10.1. The summed E-state index contributed by atoms with van der Waals surface area (Å²) >= 11 is 0. The predicted molar refractivity (Wildman–Crippen MR) is 59.5 cm³/mol. The highest BCUT2D eigenvalue weighted by molar-refractivity contribution is 5.77. The summed E-state index contributed by atoms with van der Waals surface area (Å²) in [5.41, 5.74) is 5.64. The van der Waals surface area contributed by atoms with Crippen LogP contribution in [0.25, 0.3) is 0 Å². The number of hydrogen-bond donors (Lipinski definition) is 1. The number of carbonyl (C=O) groups is 1. The van der Waals surface area contributed by atoms with Gasteiger partial charge in [0.15, 0.2) is 0 Å². The number of nitrogens with zero attached hydrogens (tertiary/aromatic N) is 1. The van der Waals surface area contributed by atoms with Crippen molar-refractivity contribution in [2.45, 2.75) is 51.7 Å². The Morgan fingerprint density at radius 2 is 2.00 bits per heavy atom. The van der Waals surface area contributed by atoms with Crippen LogP contribution in [0.15, 0.2) is 0 Å². The summed E-state index contributed by atoms with van der Waals surface area (Å²) in [6.45, 7) is 7.28. The third-order valence-corrected chi connectivity index (χ3v) is 2.77. The third kappa shape index (κ3) is 3.47. The van der Waals surface area contributed by atoms with E-state index in [2.05, 4.69) is 0 Å². The molecule has 0 spiro atoms. The fourth-order valence-corrected chi connectivity index (χ4v) is 1.98. The van der Waals surface area contributed by atoms with E-state index in [1.165, 1.54) is 0 Å². The van der Waals surface area contributed by atoms with Crippen LogP contribution >= 0.6 is 0 Å². The molecule has 4 nitrogen and oxygen atoms in total. The maximum absolute atomic E-state index is 11.9. The van der Waals surface area contributed by atoms with E-state index in [4.69, 9.17) is 10.5 Å². The van der Waals surface area contributed by atoms with E-state index in [1.54, 1.807) is 0 Å². The Morgan fingerprint density at radius 1 is 1.47 bits per heavy atom. The minimum atomic E-state index is 0.0978. The molecular formula is C11H22N2O2. The molecule has 1 aliphatic heterocycles. The summed E-state index contributed by atoms with van der Waals surface area (Å²) in [5, 5.41) is 0. The average molecular weight is 214 g/mol. The zero-order valence-electron chi connectivity index (χ0n) is 9.90. The molecule has 0 aromatic carbocycles. The van der Waals surface area contributed by atoms with Crippen LogP contribution in [-0.4, -0.2) is 42.1 Å². The highest BCUT2D eigenvalue weighted by atomic mass is 16.5. The molecule has 4 heteroatoms. The molecule has 15 heavy (non-hydrogen) atoms. The Morgan fingerprint density at radius 3 is 2.47 bits per heavy atom. The van der Waals surface area contributed by atoms with Crippen LogP contribution in [0.3, 0.4) is 0 Å². The molecule has 1 heterocycles. The van der Waals surface area contributed by atoms with Gasteiger partial charge in [-0.05, 0) is 27.2 Å². The molecule has 1 aliphatic rings. The number of rotatable bonds is 3. The van der Waals surface area contributed by atoms with E-state index in [0.29, 0.717) is 19.6 Å². The molecule has 1 saturated heterocycles. The first-order valence-electron chi connectivity index (χ1n) is 5.67. The van der Waals surface area contributed by atoms with Crippen LogP contribution in [0.1, 0.15) is 33.6 Å². The van der Waals surface area contributed by atoms with Crippen LogP contribution in [0.5, 0.6) is 0 Å². The lowest BCUT2D eigenvalue weighted by Crippen LogP contribution is -2.52. The first kappa shape index (κ1) is 12.5. The van der Waals surface area contributed by atoms with Gasteiger partial charge in [0.05, 0.1) is 25.3 Å². The second-order valence-electron chi connectivity index (χ2n) is 4.55. The van der Waals surface area contributed by atoms with Crippen molar-refractivity contribution in [1.29, 1.82) is 0 Å². The highest BCUT2D eigenvalue weighted by Crippen LogP contribution is 2.15. The lowest BCUT2D eigenvalue weighted by Gasteiger charge is -2.39. The van der Waals surface area contributed by atoms with Gasteiger partial charge in [0.1, 0.15) is 0 Å². The maximum atomic E-state index is 11.9. The number of carbonyl (C=O) groups excluding carboxylic acids is 1. The molecule has 0 radical (unpaired) electrons. The van der Waals surface area contributed by atoms with Crippen LogP contribution in [0, 0.1) is 0 Å². The summed E-state index contributed by atoms with van der Waals surface area (Å²) < 4.78 is 5.38. The Bertz CT molecular complexity index is 209. The topological polar surface area (TPSA) is 55.6 Å². The van der Waals surface area contributed by atoms with Crippen molar-refractivity contribution in [3.63, 3.8) is 0 Å². The maximum Gasteiger partial charge on any atom is 0.223 e. The van der Waals surface area contributed by atoms with Gasteiger partial charge < -0.3 is 15.4 Å². The van der Waals surface area contributed by atoms with E-state index in [1.807, 2.05) is 25.7 Å². The van der Waals surface area contributed by atoms with E-state index in [0.717, 1.165) is 6.42 Å². The first-order valence-corrected chi connectivity index (χ1v) is 5.67. The number of nitrogens with two attached hydrogens (primary N) is 1. The summed E-state index contributed by atoms with van der Waals surface area (Å²) in [4.78, 5) is 13.9. The number of amides is 1. The Labute approximate surface area is 91.8 Å². The van der Waals surface area contributed by atoms with Crippen LogP contribution in [0.2, 0.25) is 0 Å². The van der Waals surface area contributed by atoms with Crippen molar-refractivity contribution >= 4 is 5.91 Å². The zero-order valence-corrected chi connectivity index (χ0v) is 9.90. The summed E-state index contributed by atoms with van der Waals surface area (Å²) in [6, 6.07) is 0.476. The molecule has 2 N–H and O–H groups in total. The van der Waals surface area contributed by atoms with E-state index in [-0.39, 0.29) is 24.0 Å². The van der Waals surface area contributed by atoms with Gasteiger partial charge in [0, 0.05) is 12.5 Å². The third-order valence-electron chi connectivity index (χ3n) is 2.77. The van der Waals surface area contributed by atoms with Gasteiger partial charge in [-0.15, -0.1) is 0 Å². The van der Waals surface area contributed by atoms with Gasteiger partial charge >= 0.3 is 0 Å². The molecule has 0 saturated carbocycles. The summed E-state index contributed by atoms with van der Waals surface area (Å²) in [6.07, 6.45) is 1.31. The number of ether oxygens (including phenoxy) is 1. The second-order valence-corrected chi connectivity index (χ2v) is 4.55. The first-order chi connectivity index (χ1) is 7.02. The van der Waals surface area contributed by atoms with Gasteiger partial charge in [-0.3, -0.25) is 4.79 Å². The van der Waals surface area contributed by atoms with E-state index < -0.39 is 0 Å². The Kier molecular flexibility index (Phi) is 4.54. The lowest BCUT2D eigenvalue weighted by molar-refractivity contribution is -0.144.